The van der Waals surface area contributed by atoms with E-state index in [9.17, 15) is 16.8 Å². The van der Waals surface area contributed by atoms with E-state index in [0.29, 0.717) is 11.1 Å². The minimum absolute atomic E-state index is 0.0198. The van der Waals surface area contributed by atoms with Crippen molar-refractivity contribution < 1.29 is 16.8 Å². The molecule has 0 unspecified atom stereocenters. The molecule has 0 N–H and O–H groups in total. The molecule has 0 saturated heterocycles. The maximum absolute atomic E-state index is 12.3. The Balaban J connectivity index is 2.55. The minimum Gasteiger partial charge on any atom is -0.228 e. The summed E-state index contributed by atoms with van der Waals surface area (Å²) in [7, 11) is -6.99. The molecule has 1 aromatic carbocycles. The summed E-state index contributed by atoms with van der Waals surface area (Å²) in [6.07, 6.45) is 1.46. The van der Waals surface area contributed by atoms with Gasteiger partial charge in [-0.2, -0.15) is 0 Å². The van der Waals surface area contributed by atoms with Gasteiger partial charge in [-0.25, -0.2) is 16.8 Å². The molecule has 0 aromatic heterocycles. The van der Waals surface area contributed by atoms with E-state index in [2.05, 4.69) is 0 Å². The molecule has 0 fully saturated rings. The molecule has 0 spiro atoms. The van der Waals surface area contributed by atoms with E-state index in [1.54, 1.807) is 25.1 Å². The second-order valence-corrected chi connectivity index (χ2v) is 8.58. The summed E-state index contributed by atoms with van der Waals surface area (Å²) in [5.41, 5.74) is 1.23. The quantitative estimate of drug-likeness (QED) is 0.845. The Morgan fingerprint density at radius 1 is 1.22 bits per heavy atom. The highest BCUT2D eigenvalue weighted by Gasteiger charge is 2.33. The van der Waals surface area contributed by atoms with Gasteiger partial charge in [0.2, 0.25) is 9.84 Å². The zero-order chi connectivity index (χ0) is 13.6. The van der Waals surface area contributed by atoms with Crippen molar-refractivity contribution in [2.75, 3.05) is 11.5 Å². The van der Waals surface area contributed by atoms with Crippen LogP contribution in [0.25, 0.3) is 6.08 Å². The molecule has 1 heterocycles. The SMILES string of the molecule is CCS(=O)(=O)CC1=Cc2cccc(C)c2S1(=O)=O. The predicted molar refractivity (Wildman–Crippen MR) is 70.7 cm³/mol. The van der Waals surface area contributed by atoms with Crippen LogP contribution >= 0.6 is 0 Å². The van der Waals surface area contributed by atoms with Crippen LogP contribution in [-0.4, -0.2) is 28.3 Å². The van der Waals surface area contributed by atoms with Crippen LogP contribution in [0.15, 0.2) is 28.0 Å². The number of sulfone groups is 2. The first-order valence-corrected chi connectivity index (χ1v) is 8.84. The largest absolute Gasteiger partial charge is 0.228 e. The van der Waals surface area contributed by atoms with E-state index < -0.39 is 25.4 Å². The molecular weight excluding hydrogens is 272 g/mol. The Labute approximate surface area is 107 Å². The molecule has 0 saturated carbocycles. The van der Waals surface area contributed by atoms with Crippen LogP contribution in [0.5, 0.6) is 0 Å². The maximum atomic E-state index is 12.3. The molecule has 0 aliphatic carbocycles. The summed E-state index contributed by atoms with van der Waals surface area (Å²) in [5.74, 6) is -0.477. The molecule has 0 bridgehead atoms. The van der Waals surface area contributed by atoms with E-state index in [0.717, 1.165) is 0 Å². The van der Waals surface area contributed by atoms with E-state index in [-0.39, 0.29) is 15.6 Å². The number of benzene rings is 1. The Morgan fingerprint density at radius 3 is 2.44 bits per heavy atom. The highest BCUT2D eigenvalue weighted by Crippen LogP contribution is 2.35. The van der Waals surface area contributed by atoms with Crippen molar-refractivity contribution in [1.82, 2.24) is 0 Å². The number of hydrogen-bond donors (Lipinski definition) is 0. The van der Waals surface area contributed by atoms with Crippen molar-refractivity contribution in [3.63, 3.8) is 0 Å². The number of hydrogen-bond acceptors (Lipinski definition) is 4. The Hall–Kier alpha value is -1.14. The fourth-order valence-electron chi connectivity index (χ4n) is 1.98. The normalized spacial score (nSPS) is 17.3. The van der Waals surface area contributed by atoms with Gasteiger partial charge >= 0.3 is 0 Å². The van der Waals surface area contributed by atoms with Gasteiger partial charge in [-0.05, 0) is 24.1 Å². The lowest BCUT2D eigenvalue weighted by atomic mass is 10.1. The molecule has 0 radical (unpaired) electrons. The molecular formula is C12H14O4S2. The van der Waals surface area contributed by atoms with Crippen molar-refractivity contribution >= 4 is 25.8 Å². The summed E-state index contributed by atoms with van der Waals surface area (Å²) >= 11 is 0. The molecule has 4 nitrogen and oxygen atoms in total. The van der Waals surface area contributed by atoms with Crippen molar-refractivity contribution in [2.45, 2.75) is 18.7 Å². The lowest BCUT2D eigenvalue weighted by molar-refractivity contribution is 0.594. The van der Waals surface area contributed by atoms with Gasteiger partial charge < -0.3 is 0 Å². The van der Waals surface area contributed by atoms with Gasteiger partial charge in [0.15, 0.2) is 9.84 Å². The third-order valence-electron chi connectivity index (χ3n) is 2.97. The fraction of sp³-hybridized carbons (Fsp3) is 0.333. The van der Waals surface area contributed by atoms with Gasteiger partial charge in [-0.15, -0.1) is 0 Å². The van der Waals surface area contributed by atoms with Gasteiger partial charge in [0, 0.05) is 5.75 Å². The zero-order valence-electron chi connectivity index (χ0n) is 10.2. The van der Waals surface area contributed by atoms with Crippen LogP contribution < -0.4 is 0 Å². The number of fused-ring (bicyclic) bond motifs is 1. The Morgan fingerprint density at radius 2 is 1.89 bits per heavy atom. The van der Waals surface area contributed by atoms with Gasteiger partial charge in [0.25, 0.3) is 0 Å². The zero-order valence-corrected chi connectivity index (χ0v) is 11.8. The molecule has 1 aliphatic heterocycles. The van der Waals surface area contributed by atoms with Gasteiger partial charge in [0.1, 0.15) is 0 Å². The third kappa shape index (κ3) is 2.10. The van der Waals surface area contributed by atoms with Crippen molar-refractivity contribution in [3.8, 4) is 0 Å². The molecule has 6 heteroatoms. The van der Waals surface area contributed by atoms with Crippen molar-refractivity contribution in [2.24, 2.45) is 0 Å². The molecule has 98 valence electrons. The van der Waals surface area contributed by atoms with E-state index in [1.807, 2.05) is 0 Å². The molecule has 18 heavy (non-hydrogen) atoms. The van der Waals surface area contributed by atoms with Crippen molar-refractivity contribution in [1.29, 1.82) is 0 Å². The van der Waals surface area contributed by atoms with Gasteiger partial charge in [-0.3, -0.25) is 0 Å². The molecule has 1 aliphatic rings. The monoisotopic (exact) mass is 286 g/mol. The van der Waals surface area contributed by atoms with Crippen LogP contribution in [0, 0.1) is 6.92 Å². The van der Waals surface area contributed by atoms with E-state index in [4.69, 9.17) is 0 Å². The fourth-order valence-corrected chi connectivity index (χ4v) is 5.33. The van der Waals surface area contributed by atoms with Crippen LogP contribution in [0.2, 0.25) is 0 Å². The average Bonchev–Trinajstić information content (AvgIpc) is 2.51. The standard InChI is InChI=1S/C12H14O4S2/c1-3-17(13,14)8-11-7-10-6-4-5-9(2)12(10)18(11,15)16/h4-7H,3,8H2,1-2H3. The molecule has 0 amide bonds. The van der Waals surface area contributed by atoms with Gasteiger partial charge in [-0.1, -0.05) is 25.1 Å². The molecule has 2 rings (SSSR count). The van der Waals surface area contributed by atoms with Crippen molar-refractivity contribution in [3.05, 3.63) is 34.2 Å². The smallest absolute Gasteiger partial charge is 0.204 e. The summed E-state index contributed by atoms with van der Waals surface area (Å²) in [5, 5.41) is 0. The maximum Gasteiger partial charge on any atom is 0.204 e. The van der Waals surface area contributed by atoms with Crippen LogP contribution in [0.1, 0.15) is 18.1 Å². The second-order valence-electron chi connectivity index (χ2n) is 4.28. The number of rotatable bonds is 3. The summed E-state index contributed by atoms with van der Waals surface area (Å²) < 4.78 is 47.7. The lowest BCUT2D eigenvalue weighted by Gasteiger charge is -2.06. The Kier molecular flexibility index (Phi) is 3.11. The highest BCUT2D eigenvalue weighted by molar-refractivity contribution is 7.98. The average molecular weight is 286 g/mol. The lowest BCUT2D eigenvalue weighted by Crippen LogP contribution is -2.15. The first-order chi connectivity index (χ1) is 8.28. The van der Waals surface area contributed by atoms with Crippen LogP contribution in [0.3, 0.4) is 0 Å². The topological polar surface area (TPSA) is 68.3 Å². The first kappa shape index (κ1) is 13.3. The Bertz CT molecular complexity index is 725. The number of aryl methyl sites for hydroxylation is 1. The third-order valence-corrected chi connectivity index (χ3v) is 6.84. The van der Waals surface area contributed by atoms with Crippen LogP contribution in [-0.2, 0) is 19.7 Å². The second kappa shape index (κ2) is 4.20. The van der Waals surface area contributed by atoms with Crippen LogP contribution in [0.4, 0.5) is 0 Å². The minimum atomic E-state index is -3.64. The van der Waals surface area contributed by atoms with E-state index in [1.165, 1.54) is 13.0 Å². The first-order valence-electron chi connectivity index (χ1n) is 5.53. The summed E-state index contributed by atoms with van der Waals surface area (Å²) in [6.45, 7) is 3.22. The highest BCUT2D eigenvalue weighted by atomic mass is 32.2. The van der Waals surface area contributed by atoms with Gasteiger partial charge in [0.05, 0.1) is 15.6 Å². The van der Waals surface area contributed by atoms with E-state index >= 15 is 0 Å². The molecule has 0 atom stereocenters. The summed E-state index contributed by atoms with van der Waals surface area (Å²) in [6, 6.07) is 5.16. The predicted octanol–water partition coefficient (Wildman–Crippen LogP) is 1.56. The molecule has 1 aromatic rings. The summed E-state index contributed by atoms with van der Waals surface area (Å²) in [4.78, 5) is 0.222.